The van der Waals surface area contributed by atoms with Gasteiger partial charge in [-0.1, -0.05) is 6.42 Å². The van der Waals surface area contributed by atoms with Crippen LogP contribution in [-0.4, -0.2) is 23.6 Å². The summed E-state index contributed by atoms with van der Waals surface area (Å²) < 4.78 is 0. The first-order chi connectivity index (χ1) is 6.31. The highest BCUT2D eigenvalue weighted by Crippen LogP contribution is 2.35. The number of thioether (sulfide) groups is 1. The van der Waals surface area contributed by atoms with Crippen LogP contribution in [0.4, 0.5) is 0 Å². The van der Waals surface area contributed by atoms with Crippen LogP contribution in [0, 0.1) is 5.92 Å². The molecule has 0 bridgehead atoms. The van der Waals surface area contributed by atoms with Crippen LogP contribution < -0.4 is 5.32 Å². The maximum Gasteiger partial charge on any atom is 0.0189 e. The van der Waals surface area contributed by atoms with Gasteiger partial charge in [-0.25, -0.2) is 0 Å². The fourth-order valence-corrected chi connectivity index (χ4v) is 4.03. The van der Waals surface area contributed by atoms with Gasteiger partial charge in [0.15, 0.2) is 0 Å². The van der Waals surface area contributed by atoms with Crippen molar-refractivity contribution in [2.45, 2.75) is 44.6 Å². The van der Waals surface area contributed by atoms with E-state index in [1.165, 1.54) is 50.2 Å². The highest BCUT2D eigenvalue weighted by Gasteiger charge is 2.35. The number of hydrogen-bond donors (Lipinski definition) is 1. The molecule has 1 N–H and O–H groups in total. The van der Waals surface area contributed by atoms with Crippen molar-refractivity contribution in [1.82, 2.24) is 5.32 Å². The molecule has 2 fully saturated rings. The molecule has 2 saturated heterocycles. The van der Waals surface area contributed by atoms with Crippen molar-refractivity contribution in [3.05, 3.63) is 0 Å². The van der Waals surface area contributed by atoms with Gasteiger partial charge in [0.05, 0.1) is 0 Å². The minimum Gasteiger partial charge on any atom is -0.311 e. The highest BCUT2D eigenvalue weighted by atomic mass is 32.2. The fraction of sp³-hybridized carbons (Fsp3) is 1.00. The van der Waals surface area contributed by atoms with Gasteiger partial charge < -0.3 is 5.32 Å². The topological polar surface area (TPSA) is 12.0 Å². The number of nitrogens with one attached hydrogen (secondary N) is 1. The van der Waals surface area contributed by atoms with Crippen LogP contribution in [0.3, 0.4) is 0 Å². The molecule has 0 spiro atoms. The Bertz CT molecular complexity index is 157. The number of piperidine rings is 1. The minimum absolute atomic E-state index is 0.478. The summed E-state index contributed by atoms with van der Waals surface area (Å²) >= 11 is 2.16. The Morgan fingerprint density at radius 3 is 2.85 bits per heavy atom. The van der Waals surface area contributed by atoms with E-state index in [1.807, 2.05) is 0 Å². The fourth-order valence-electron chi connectivity index (χ4n) is 2.67. The lowest BCUT2D eigenvalue weighted by Crippen LogP contribution is -2.52. The van der Waals surface area contributed by atoms with Crippen molar-refractivity contribution in [2.75, 3.05) is 18.1 Å². The lowest BCUT2D eigenvalue weighted by Gasteiger charge is -2.43. The Morgan fingerprint density at radius 2 is 2.23 bits per heavy atom. The summed E-state index contributed by atoms with van der Waals surface area (Å²) in [6.07, 6.45) is 7.11. The summed E-state index contributed by atoms with van der Waals surface area (Å²) in [5, 5.41) is 3.75. The third-order valence-corrected chi connectivity index (χ3v) is 4.93. The van der Waals surface area contributed by atoms with E-state index >= 15 is 0 Å². The van der Waals surface area contributed by atoms with Crippen molar-refractivity contribution in [3.8, 4) is 0 Å². The predicted molar refractivity (Wildman–Crippen MR) is 60.3 cm³/mol. The molecule has 0 saturated carbocycles. The van der Waals surface area contributed by atoms with Gasteiger partial charge >= 0.3 is 0 Å². The molecular formula is C11H21NS. The van der Waals surface area contributed by atoms with E-state index < -0.39 is 0 Å². The van der Waals surface area contributed by atoms with E-state index in [-0.39, 0.29) is 0 Å². The van der Waals surface area contributed by atoms with Gasteiger partial charge in [-0.2, -0.15) is 11.8 Å². The van der Waals surface area contributed by atoms with Crippen molar-refractivity contribution >= 4 is 11.8 Å². The van der Waals surface area contributed by atoms with Crippen LogP contribution in [0.25, 0.3) is 0 Å². The maximum absolute atomic E-state index is 3.75. The Labute approximate surface area is 86.0 Å². The summed E-state index contributed by atoms with van der Waals surface area (Å²) in [5.41, 5.74) is 0.478. The highest BCUT2D eigenvalue weighted by molar-refractivity contribution is 7.99. The first-order valence-corrected chi connectivity index (χ1v) is 6.79. The molecule has 1 nitrogen and oxygen atoms in total. The number of hydrogen-bond acceptors (Lipinski definition) is 2. The van der Waals surface area contributed by atoms with Crippen molar-refractivity contribution < 1.29 is 0 Å². The second-order valence-corrected chi connectivity index (χ2v) is 5.87. The Balaban J connectivity index is 1.94. The zero-order valence-electron chi connectivity index (χ0n) is 8.64. The second kappa shape index (κ2) is 4.22. The first kappa shape index (κ1) is 9.85. The van der Waals surface area contributed by atoms with Crippen LogP contribution in [0.1, 0.15) is 39.0 Å². The largest absolute Gasteiger partial charge is 0.311 e. The molecule has 2 atom stereocenters. The van der Waals surface area contributed by atoms with Crippen LogP contribution in [0.5, 0.6) is 0 Å². The zero-order valence-corrected chi connectivity index (χ0v) is 9.46. The molecule has 0 aliphatic carbocycles. The van der Waals surface area contributed by atoms with Crippen molar-refractivity contribution in [2.24, 2.45) is 5.92 Å². The van der Waals surface area contributed by atoms with E-state index in [4.69, 9.17) is 0 Å². The van der Waals surface area contributed by atoms with Gasteiger partial charge in [0.1, 0.15) is 0 Å². The molecule has 2 heterocycles. The van der Waals surface area contributed by atoms with Crippen LogP contribution >= 0.6 is 11.8 Å². The third kappa shape index (κ3) is 2.21. The van der Waals surface area contributed by atoms with Crippen molar-refractivity contribution in [3.63, 3.8) is 0 Å². The van der Waals surface area contributed by atoms with Gasteiger partial charge in [-0.3, -0.25) is 0 Å². The maximum atomic E-state index is 3.75. The van der Waals surface area contributed by atoms with Gasteiger partial charge in [0.2, 0.25) is 0 Å². The molecule has 0 aromatic rings. The molecule has 0 aromatic heterocycles. The predicted octanol–water partition coefficient (Wildman–Crippen LogP) is 2.66. The van der Waals surface area contributed by atoms with Crippen LogP contribution in [0.2, 0.25) is 0 Å². The average molecular weight is 199 g/mol. The quantitative estimate of drug-likeness (QED) is 0.697. The molecule has 0 aromatic carbocycles. The summed E-state index contributed by atoms with van der Waals surface area (Å²) in [6, 6.07) is 0. The molecule has 2 aliphatic rings. The molecule has 76 valence electrons. The van der Waals surface area contributed by atoms with E-state index in [9.17, 15) is 0 Å². The summed E-state index contributed by atoms with van der Waals surface area (Å²) in [6.45, 7) is 3.69. The smallest absolute Gasteiger partial charge is 0.0189 e. The van der Waals surface area contributed by atoms with Gasteiger partial charge in [0.25, 0.3) is 0 Å². The summed E-state index contributed by atoms with van der Waals surface area (Å²) in [4.78, 5) is 0. The molecule has 2 heteroatoms. The van der Waals surface area contributed by atoms with E-state index in [0.29, 0.717) is 5.54 Å². The minimum atomic E-state index is 0.478. The zero-order chi connectivity index (χ0) is 9.15. The van der Waals surface area contributed by atoms with Gasteiger partial charge in [-0.05, 0) is 56.6 Å². The van der Waals surface area contributed by atoms with E-state index in [0.717, 1.165) is 5.92 Å². The molecule has 2 aliphatic heterocycles. The molecule has 13 heavy (non-hydrogen) atoms. The average Bonchev–Trinajstić information content (AvgIpc) is 2.20. The van der Waals surface area contributed by atoms with E-state index in [1.54, 1.807) is 0 Å². The monoisotopic (exact) mass is 199 g/mol. The van der Waals surface area contributed by atoms with Gasteiger partial charge in [-0.15, -0.1) is 0 Å². The third-order valence-electron chi connectivity index (χ3n) is 3.71. The lowest BCUT2D eigenvalue weighted by molar-refractivity contribution is 0.186. The normalized spacial score (nSPS) is 41.8. The Kier molecular flexibility index (Phi) is 3.20. The summed E-state index contributed by atoms with van der Waals surface area (Å²) in [5.74, 6) is 3.72. The molecule has 0 radical (unpaired) electrons. The summed E-state index contributed by atoms with van der Waals surface area (Å²) in [7, 11) is 0. The Hall–Kier alpha value is 0.310. The Morgan fingerprint density at radius 1 is 1.31 bits per heavy atom. The molecule has 0 amide bonds. The first-order valence-electron chi connectivity index (χ1n) is 5.64. The molecule has 2 unspecified atom stereocenters. The number of rotatable bonds is 1. The molecular weight excluding hydrogens is 178 g/mol. The molecule has 2 rings (SSSR count). The van der Waals surface area contributed by atoms with Crippen LogP contribution in [0.15, 0.2) is 0 Å². The second-order valence-electron chi connectivity index (χ2n) is 4.72. The van der Waals surface area contributed by atoms with E-state index in [2.05, 4.69) is 24.0 Å². The van der Waals surface area contributed by atoms with Crippen molar-refractivity contribution in [1.29, 1.82) is 0 Å². The van der Waals surface area contributed by atoms with Gasteiger partial charge in [0, 0.05) is 5.54 Å². The SMILES string of the molecule is CC1(C2CCCSC2)CCCCN1. The lowest BCUT2D eigenvalue weighted by atomic mass is 9.78. The standard InChI is InChI=1S/C11H21NS/c1-11(6-2-3-7-12-11)10-5-4-8-13-9-10/h10,12H,2-9H2,1H3. The van der Waals surface area contributed by atoms with Crippen LogP contribution in [-0.2, 0) is 0 Å².